The van der Waals surface area contributed by atoms with Crippen molar-refractivity contribution in [1.29, 1.82) is 0 Å². The molecule has 0 bridgehead atoms. The van der Waals surface area contributed by atoms with Crippen molar-refractivity contribution in [3.05, 3.63) is 0 Å². The SMILES string of the molecule is CC1CCC(C(NN)C(C)C(C)C)CC1. The highest BCUT2D eigenvalue weighted by Crippen LogP contribution is 2.34. The summed E-state index contributed by atoms with van der Waals surface area (Å²) in [7, 11) is 0. The molecule has 90 valence electrons. The van der Waals surface area contributed by atoms with Crippen LogP contribution in [-0.2, 0) is 0 Å². The standard InChI is InChI=1S/C13H28N2/c1-9(2)11(4)13(15-14)12-7-5-10(3)6-8-12/h9-13,15H,5-8,14H2,1-4H3. The van der Waals surface area contributed by atoms with Gasteiger partial charge >= 0.3 is 0 Å². The van der Waals surface area contributed by atoms with Gasteiger partial charge in [0.2, 0.25) is 0 Å². The van der Waals surface area contributed by atoms with Crippen LogP contribution in [0.15, 0.2) is 0 Å². The monoisotopic (exact) mass is 212 g/mol. The fourth-order valence-electron chi connectivity index (χ4n) is 2.78. The highest BCUT2D eigenvalue weighted by Gasteiger charge is 2.30. The minimum absolute atomic E-state index is 0.512. The summed E-state index contributed by atoms with van der Waals surface area (Å²) in [6, 6.07) is 0.512. The van der Waals surface area contributed by atoms with E-state index in [1.807, 2.05) is 0 Å². The molecule has 0 aromatic heterocycles. The molecular weight excluding hydrogens is 184 g/mol. The van der Waals surface area contributed by atoms with Crippen LogP contribution in [-0.4, -0.2) is 6.04 Å². The maximum atomic E-state index is 5.73. The Hall–Kier alpha value is -0.0800. The van der Waals surface area contributed by atoms with Gasteiger partial charge in [0.25, 0.3) is 0 Å². The summed E-state index contributed by atoms with van der Waals surface area (Å²) in [5.74, 6) is 8.83. The fourth-order valence-corrected chi connectivity index (χ4v) is 2.78. The molecule has 1 aliphatic carbocycles. The summed E-state index contributed by atoms with van der Waals surface area (Å²) in [6.45, 7) is 9.28. The Morgan fingerprint density at radius 3 is 2.00 bits per heavy atom. The second kappa shape index (κ2) is 5.86. The maximum Gasteiger partial charge on any atom is 0.0266 e. The van der Waals surface area contributed by atoms with E-state index < -0.39 is 0 Å². The molecule has 1 aliphatic rings. The van der Waals surface area contributed by atoms with Gasteiger partial charge in [-0.05, 0) is 36.5 Å². The average molecular weight is 212 g/mol. The average Bonchev–Trinajstić information content (AvgIpc) is 2.21. The van der Waals surface area contributed by atoms with Crippen molar-refractivity contribution < 1.29 is 0 Å². The molecule has 0 aromatic rings. The lowest BCUT2D eigenvalue weighted by molar-refractivity contribution is 0.166. The van der Waals surface area contributed by atoms with Gasteiger partial charge in [-0.2, -0.15) is 0 Å². The van der Waals surface area contributed by atoms with Gasteiger partial charge in [0.15, 0.2) is 0 Å². The predicted octanol–water partition coefficient (Wildman–Crippen LogP) is 2.94. The van der Waals surface area contributed by atoms with Crippen LogP contribution < -0.4 is 11.3 Å². The molecule has 0 spiro atoms. The van der Waals surface area contributed by atoms with Crippen molar-refractivity contribution in [3.8, 4) is 0 Å². The van der Waals surface area contributed by atoms with Crippen LogP contribution in [0.5, 0.6) is 0 Å². The van der Waals surface area contributed by atoms with Crippen LogP contribution in [0.4, 0.5) is 0 Å². The molecule has 2 atom stereocenters. The third-order valence-corrected chi connectivity index (χ3v) is 4.38. The Labute approximate surface area is 95.0 Å². The van der Waals surface area contributed by atoms with E-state index in [0.29, 0.717) is 17.9 Å². The van der Waals surface area contributed by atoms with Crippen molar-refractivity contribution in [1.82, 2.24) is 5.43 Å². The van der Waals surface area contributed by atoms with E-state index in [4.69, 9.17) is 5.84 Å². The van der Waals surface area contributed by atoms with E-state index in [1.165, 1.54) is 25.7 Å². The van der Waals surface area contributed by atoms with E-state index >= 15 is 0 Å². The summed E-state index contributed by atoms with van der Waals surface area (Å²) >= 11 is 0. The number of rotatable bonds is 4. The lowest BCUT2D eigenvalue weighted by Crippen LogP contribution is -2.47. The molecule has 2 unspecified atom stereocenters. The number of hydrogen-bond donors (Lipinski definition) is 2. The first-order chi connectivity index (χ1) is 7.06. The number of nitrogens with two attached hydrogens (primary N) is 1. The molecule has 3 N–H and O–H groups in total. The summed E-state index contributed by atoms with van der Waals surface area (Å²) in [5, 5.41) is 0. The Kier molecular flexibility index (Phi) is 5.07. The Morgan fingerprint density at radius 2 is 1.60 bits per heavy atom. The van der Waals surface area contributed by atoms with Gasteiger partial charge in [-0.3, -0.25) is 11.3 Å². The van der Waals surface area contributed by atoms with Gasteiger partial charge in [-0.25, -0.2) is 0 Å². The van der Waals surface area contributed by atoms with Crippen molar-refractivity contribution in [3.63, 3.8) is 0 Å². The lowest BCUT2D eigenvalue weighted by Gasteiger charge is -2.37. The van der Waals surface area contributed by atoms with E-state index in [9.17, 15) is 0 Å². The van der Waals surface area contributed by atoms with Crippen LogP contribution in [0.3, 0.4) is 0 Å². The normalized spacial score (nSPS) is 31.6. The van der Waals surface area contributed by atoms with Crippen molar-refractivity contribution in [2.24, 2.45) is 29.5 Å². The highest BCUT2D eigenvalue weighted by atomic mass is 15.2. The molecule has 15 heavy (non-hydrogen) atoms. The topological polar surface area (TPSA) is 38.0 Å². The summed E-state index contributed by atoms with van der Waals surface area (Å²) in [4.78, 5) is 0. The first-order valence-electron chi connectivity index (χ1n) is 6.52. The molecule has 0 radical (unpaired) electrons. The zero-order valence-electron chi connectivity index (χ0n) is 10.8. The summed E-state index contributed by atoms with van der Waals surface area (Å²) < 4.78 is 0. The molecule has 1 fully saturated rings. The molecule has 0 heterocycles. The molecule has 1 rings (SSSR count). The van der Waals surface area contributed by atoms with Gasteiger partial charge < -0.3 is 0 Å². The number of hydrogen-bond acceptors (Lipinski definition) is 2. The van der Waals surface area contributed by atoms with E-state index in [0.717, 1.165) is 11.8 Å². The number of nitrogens with one attached hydrogen (secondary N) is 1. The van der Waals surface area contributed by atoms with Crippen molar-refractivity contribution >= 4 is 0 Å². The molecule has 0 saturated heterocycles. The predicted molar refractivity (Wildman–Crippen MR) is 66.2 cm³/mol. The van der Waals surface area contributed by atoms with Gasteiger partial charge in [0, 0.05) is 6.04 Å². The molecule has 0 aromatic carbocycles. The van der Waals surface area contributed by atoms with Crippen LogP contribution >= 0.6 is 0 Å². The smallest absolute Gasteiger partial charge is 0.0266 e. The van der Waals surface area contributed by atoms with Gasteiger partial charge in [-0.1, -0.05) is 40.5 Å². The third-order valence-electron chi connectivity index (χ3n) is 4.38. The molecule has 2 heteroatoms. The Balaban J connectivity index is 2.51. The summed E-state index contributed by atoms with van der Waals surface area (Å²) in [5.41, 5.74) is 3.07. The van der Waals surface area contributed by atoms with Crippen LogP contribution in [0.2, 0.25) is 0 Å². The van der Waals surface area contributed by atoms with E-state index in [1.54, 1.807) is 0 Å². The Morgan fingerprint density at radius 1 is 1.07 bits per heavy atom. The van der Waals surface area contributed by atoms with Crippen molar-refractivity contribution in [2.75, 3.05) is 0 Å². The zero-order valence-corrected chi connectivity index (χ0v) is 10.8. The van der Waals surface area contributed by atoms with Gasteiger partial charge in [0.05, 0.1) is 0 Å². The van der Waals surface area contributed by atoms with E-state index in [2.05, 4.69) is 33.1 Å². The van der Waals surface area contributed by atoms with E-state index in [-0.39, 0.29) is 0 Å². The van der Waals surface area contributed by atoms with Crippen LogP contribution in [0.25, 0.3) is 0 Å². The molecule has 1 saturated carbocycles. The minimum Gasteiger partial charge on any atom is -0.271 e. The quantitative estimate of drug-likeness (QED) is 0.555. The fraction of sp³-hybridized carbons (Fsp3) is 1.00. The van der Waals surface area contributed by atoms with Crippen LogP contribution in [0, 0.1) is 23.7 Å². The van der Waals surface area contributed by atoms with Crippen LogP contribution in [0.1, 0.15) is 53.4 Å². The minimum atomic E-state index is 0.512. The molecule has 0 amide bonds. The second-order valence-corrected chi connectivity index (χ2v) is 5.82. The first kappa shape index (κ1) is 13.0. The highest BCUT2D eigenvalue weighted by molar-refractivity contribution is 4.84. The summed E-state index contributed by atoms with van der Waals surface area (Å²) in [6.07, 6.45) is 5.47. The lowest BCUT2D eigenvalue weighted by atomic mass is 9.74. The zero-order chi connectivity index (χ0) is 11.4. The third kappa shape index (κ3) is 3.46. The molecule has 0 aliphatic heterocycles. The first-order valence-corrected chi connectivity index (χ1v) is 6.52. The maximum absolute atomic E-state index is 5.73. The Bertz CT molecular complexity index is 171. The van der Waals surface area contributed by atoms with Gasteiger partial charge in [-0.15, -0.1) is 0 Å². The number of hydrazine groups is 1. The second-order valence-electron chi connectivity index (χ2n) is 5.82. The molecular formula is C13H28N2. The largest absolute Gasteiger partial charge is 0.271 e. The van der Waals surface area contributed by atoms with Crippen molar-refractivity contribution in [2.45, 2.75) is 59.4 Å². The van der Waals surface area contributed by atoms with Gasteiger partial charge in [0.1, 0.15) is 0 Å². The molecule has 2 nitrogen and oxygen atoms in total.